The Labute approximate surface area is 98.5 Å². The maximum absolute atomic E-state index is 4.43. The van der Waals surface area contributed by atoms with E-state index in [1.54, 1.807) is 22.3 Å². The number of nitrogens with one attached hydrogen (secondary N) is 1. The fraction of sp³-hybridized carbons (Fsp3) is 0.500. The Balaban J connectivity index is 1.79. The third kappa shape index (κ3) is 2.79. The lowest BCUT2D eigenvalue weighted by Crippen LogP contribution is -2.06. The second-order valence-corrected chi connectivity index (χ2v) is 4.37. The molecule has 86 valence electrons. The van der Waals surface area contributed by atoms with Crippen LogP contribution < -0.4 is 5.32 Å². The summed E-state index contributed by atoms with van der Waals surface area (Å²) in [7, 11) is 1.87. The molecule has 0 bridgehead atoms. The van der Waals surface area contributed by atoms with Gasteiger partial charge in [0.25, 0.3) is 0 Å². The van der Waals surface area contributed by atoms with Crippen molar-refractivity contribution >= 4 is 16.5 Å². The molecule has 2 aromatic heterocycles. The number of anilines is 1. The molecule has 5 nitrogen and oxygen atoms in total. The summed E-state index contributed by atoms with van der Waals surface area (Å²) in [6.07, 6.45) is 3.52. The first-order chi connectivity index (χ1) is 7.78. The molecular weight excluding hydrogens is 222 g/mol. The Morgan fingerprint density at radius 1 is 1.50 bits per heavy atom. The van der Waals surface area contributed by atoms with E-state index in [0.717, 1.165) is 36.0 Å². The van der Waals surface area contributed by atoms with Crippen LogP contribution in [-0.4, -0.2) is 26.3 Å². The number of thiazole rings is 1. The zero-order chi connectivity index (χ0) is 11.4. The quantitative estimate of drug-likeness (QED) is 0.856. The number of nitrogens with zero attached hydrogens (tertiary/aromatic N) is 4. The van der Waals surface area contributed by atoms with Gasteiger partial charge in [-0.15, -0.1) is 11.3 Å². The first-order valence-electron chi connectivity index (χ1n) is 5.30. The highest BCUT2D eigenvalue weighted by atomic mass is 32.1. The fourth-order valence-corrected chi connectivity index (χ4v) is 2.15. The molecule has 0 aliphatic carbocycles. The van der Waals surface area contributed by atoms with E-state index in [1.165, 1.54) is 0 Å². The topological polar surface area (TPSA) is 55.6 Å². The summed E-state index contributed by atoms with van der Waals surface area (Å²) in [5.41, 5.74) is 1.14. The minimum Gasteiger partial charge on any atom is -0.361 e. The van der Waals surface area contributed by atoms with Crippen LogP contribution in [0.5, 0.6) is 0 Å². The maximum Gasteiger partial charge on any atom is 0.182 e. The fourth-order valence-electron chi connectivity index (χ4n) is 1.33. The molecule has 0 saturated carbocycles. The van der Waals surface area contributed by atoms with Crippen LogP contribution in [0.2, 0.25) is 0 Å². The normalized spacial score (nSPS) is 10.6. The van der Waals surface area contributed by atoms with E-state index < -0.39 is 0 Å². The van der Waals surface area contributed by atoms with Gasteiger partial charge in [0.1, 0.15) is 6.33 Å². The molecule has 0 aromatic carbocycles. The van der Waals surface area contributed by atoms with Crippen LogP contribution in [0.1, 0.15) is 18.4 Å². The SMILES string of the molecule is CCc1csc(NCCc2ncn(C)n2)n1. The van der Waals surface area contributed by atoms with Gasteiger partial charge in [-0.25, -0.2) is 9.97 Å². The van der Waals surface area contributed by atoms with Crippen LogP contribution in [0.25, 0.3) is 0 Å². The second kappa shape index (κ2) is 5.07. The lowest BCUT2D eigenvalue weighted by atomic mass is 10.4. The van der Waals surface area contributed by atoms with Crippen molar-refractivity contribution in [3.05, 3.63) is 23.2 Å². The molecule has 2 rings (SSSR count). The van der Waals surface area contributed by atoms with Gasteiger partial charge in [0.15, 0.2) is 11.0 Å². The van der Waals surface area contributed by atoms with Crippen LogP contribution >= 0.6 is 11.3 Å². The van der Waals surface area contributed by atoms with Gasteiger partial charge in [-0.1, -0.05) is 6.92 Å². The van der Waals surface area contributed by atoms with Crippen LogP contribution in [0.3, 0.4) is 0 Å². The minimum absolute atomic E-state index is 0.820. The summed E-state index contributed by atoms with van der Waals surface area (Å²) in [4.78, 5) is 8.59. The van der Waals surface area contributed by atoms with Crippen molar-refractivity contribution in [2.24, 2.45) is 7.05 Å². The van der Waals surface area contributed by atoms with Crippen molar-refractivity contribution in [3.63, 3.8) is 0 Å². The van der Waals surface area contributed by atoms with Crippen LogP contribution in [-0.2, 0) is 19.9 Å². The van der Waals surface area contributed by atoms with E-state index in [-0.39, 0.29) is 0 Å². The van der Waals surface area contributed by atoms with Gasteiger partial charge in [-0.05, 0) is 6.42 Å². The number of aromatic nitrogens is 4. The summed E-state index contributed by atoms with van der Waals surface area (Å²) in [5.74, 6) is 0.863. The molecule has 2 heterocycles. The smallest absolute Gasteiger partial charge is 0.182 e. The van der Waals surface area contributed by atoms with Gasteiger partial charge in [0.05, 0.1) is 5.69 Å². The number of hydrogen-bond donors (Lipinski definition) is 1. The molecular formula is C10H15N5S. The summed E-state index contributed by atoms with van der Waals surface area (Å²) >= 11 is 1.65. The summed E-state index contributed by atoms with van der Waals surface area (Å²) in [6, 6.07) is 0. The summed E-state index contributed by atoms with van der Waals surface area (Å²) < 4.78 is 1.72. The molecule has 0 spiro atoms. The van der Waals surface area contributed by atoms with E-state index in [9.17, 15) is 0 Å². The molecule has 0 unspecified atom stereocenters. The Kier molecular flexibility index (Phi) is 3.51. The Hall–Kier alpha value is -1.43. The van der Waals surface area contributed by atoms with Crippen LogP contribution in [0, 0.1) is 0 Å². The zero-order valence-corrected chi connectivity index (χ0v) is 10.3. The molecule has 0 aliphatic heterocycles. The first kappa shape index (κ1) is 11.1. The van der Waals surface area contributed by atoms with Crippen molar-refractivity contribution in [1.29, 1.82) is 0 Å². The average Bonchev–Trinajstić information content (AvgIpc) is 2.88. The highest BCUT2D eigenvalue weighted by Crippen LogP contribution is 2.15. The molecule has 16 heavy (non-hydrogen) atoms. The van der Waals surface area contributed by atoms with Gasteiger partial charge in [0.2, 0.25) is 0 Å². The predicted molar refractivity (Wildman–Crippen MR) is 64.7 cm³/mol. The highest BCUT2D eigenvalue weighted by molar-refractivity contribution is 7.13. The molecule has 2 aromatic rings. The highest BCUT2D eigenvalue weighted by Gasteiger charge is 2.01. The minimum atomic E-state index is 0.820. The first-order valence-corrected chi connectivity index (χ1v) is 6.18. The predicted octanol–water partition coefficient (Wildman–Crippen LogP) is 1.49. The summed E-state index contributed by atoms with van der Waals surface area (Å²) in [6.45, 7) is 2.93. The molecule has 0 fully saturated rings. The van der Waals surface area contributed by atoms with E-state index >= 15 is 0 Å². The average molecular weight is 237 g/mol. The lowest BCUT2D eigenvalue weighted by molar-refractivity contribution is 0.742. The van der Waals surface area contributed by atoms with Gasteiger partial charge < -0.3 is 5.32 Å². The van der Waals surface area contributed by atoms with E-state index in [1.807, 2.05) is 7.05 Å². The van der Waals surface area contributed by atoms with Crippen molar-refractivity contribution in [1.82, 2.24) is 19.7 Å². The van der Waals surface area contributed by atoms with Gasteiger partial charge >= 0.3 is 0 Å². The maximum atomic E-state index is 4.43. The Morgan fingerprint density at radius 2 is 2.38 bits per heavy atom. The van der Waals surface area contributed by atoms with Crippen molar-refractivity contribution in [3.8, 4) is 0 Å². The molecule has 6 heteroatoms. The van der Waals surface area contributed by atoms with Gasteiger partial charge in [-0.2, -0.15) is 5.10 Å². The van der Waals surface area contributed by atoms with E-state index in [0.29, 0.717) is 0 Å². The number of rotatable bonds is 5. The van der Waals surface area contributed by atoms with E-state index in [4.69, 9.17) is 0 Å². The van der Waals surface area contributed by atoms with Gasteiger partial charge in [0, 0.05) is 25.4 Å². The standard InChI is InChI=1S/C10H15N5S/c1-3-8-6-16-10(13-8)11-5-4-9-12-7-15(2)14-9/h6-7H,3-5H2,1-2H3,(H,11,13). The molecule has 1 N–H and O–H groups in total. The molecule has 0 aliphatic rings. The van der Waals surface area contributed by atoms with Crippen LogP contribution in [0.15, 0.2) is 11.7 Å². The lowest BCUT2D eigenvalue weighted by Gasteiger charge is -1.98. The molecule has 0 radical (unpaired) electrons. The summed E-state index contributed by atoms with van der Waals surface area (Å²) in [5, 5.41) is 10.6. The molecule has 0 atom stereocenters. The largest absolute Gasteiger partial charge is 0.361 e. The van der Waals surface area contributed by atoms with Crippen molar-refractivity contribution < 1.29 is 0 Å². The van der Waals surface area contributed by atoms with Crippen molar-refractivity contribution in [2.45, 2.75) is 19.8 Å². The van der Waals surface area contributed by atoms with Gasteiger partial charge in [-0.3, -0.25) is 4.68 Å². The zero-order valence-electron chi connectivity index (χ0n) is 9.47. The molecule has 0 saturated heterocycles. The Morgan fingerprint density at radius 3 is 3.00 bits per heavy atom. The molecule has 0 amide bonds. The third-order valence-corrected chi connectivity index (χ3v) is 3.03. The third-order valence-electron chi connectivity index (χ3n) is 2.19. The number of hydrogen-bond acceptors (Lipinski definition) is 5. The van der Waals surface area contributed by atoms with Crippen molar-refractivity contribution in [2.75, 3.05) is 11.9 Å². The van der Waals surface area contributed by atoms with Crippen LogP contribution in [0.4, 0.5) is 5.13 Å². The van der Waals surface area contributed by atoms with E-state index in [2.05, 4.69) is 32.7 Å². The Bertz CT molecular complexity index is 448. The second-order valence-electron chi connectivity index (χ2n) is 3.51. The monoisotopic (exact) mass is 237 g/mol. The number of aryl methyl sites for hydroxylation is 2.